The molecule has 0 spiro atoms. The number of H-pyrrole nitrogens is 1. The predicted molar refractivity (Wildman–Crippen MR) is 173 cm³/mol. The fourth-order valence-corrected chi connectivity index (χ4v) is 7.27. The van der Waals surface area contributed by atoms with Crippen molar-refractivity contribution in [2.24, 2.45) is 11.8 Å². The molecular formula is C34H44N8O2. The summed E-state index contributed by atoms with van der Waals surface area (Å²) in [5.74, 6) is 2.18. The zero-order chi connectivity index (χ0) is 30.4. The summed E-state index contributed by atoms with van der Waals surface area (Å²) in [6, 6.07) is 11.4. The number of fused-ring (bicyclic) bond motifs is 7. The molecule has 232 valence electrons. The number of anilines is 2. The van der Waals surface area contributed by atoms with Crippen molar-refractivity contribution in [3.05, 3.63) is 47.8 Å². The van der Waals surface area contributed by atoms with Crippen molar-refractivity contribution in [3.63, 3.8) is 0 Å². The quantitative estimate of drug-likeness (QED) is 0.303. The van der Waals surface area contributed by atoms with E-state index in [0.717, 1.165) is 41.7 Å². The zero-order valence-electron chi connectivity index (χ0n) is 26.3. The van der Waals surface area contributed by atoms with Crippen molar-refractivity contribution in [1.82, 2.24) is 29.6 Å². The van der Waals surface area contributed by atoms with E-state index in [1.54, 1.807) is 12.3 Å². The third-order valence-corrected chi connectivity index (χ3v) is 10.1. The number of rotatable bonds is 4. The van der Waals surface area contributed by atoms with Gasteiger partial charge in [0.25, 0.3) is 5.91 Å². The molecule has 2 N–H and O–H groups in total. The Kier molecular flexibility index (Phi) is 7.78. The number of nitrogens with one attached hydrogen (secondary N) is 2. The molecule has 0 radical (unpaired) electrons. The van der Waals surface area contributed by atoms with Gasteiger partial charge >= 0.3 is 0 Å². The molecule has 1 aliphatic heterocycles. The molecule has 3 aromatic heterocycles. The Labute approximate surface area is 259 Å². The van der Waals surface area contributed by atoms with Crippen molar-refractivity contribution in [2.45, 2.75) is 76.9 Å². The number of hydrogen-bond donors (Lipinski definition) is 2. The van der Waals surface area contributed by atoms with Crippen LogP contribution >= 0.6 is 0 Å². The molecule has 1 atom stereocenters. The average Bonchev–Trinajstić information content (AvgIpc) is 3.67. The van der Waals surface area contributed by atoms with Crippen LogP contribution in [-0.4, -0.2) is 75.4 Å². The Morgan fingerprint density at radius 3 is 2.50 bits per heavy atom. The number of aryl methyl sites for hydroxylation is 1. The standard InChI is InChI=1S/C34H44N8O2/c1-21-16-24-17-29(36-21)28-19-35-39-33(28)44-15-5-6-23(22-7-8-22)20-42-31-14-13-27(18-30(31)37-34(42)38-32(24)43)41(4)26-11-9-25(10-12-26)40(2)3/h13-14,16-19,22-23,25-26H,5-12,15,20H2,1-4H3,(H,35,39)(H,37,38,43)/t23-,25?,26?/m1/s1. The van der Waals surface area contributed by atoms with Gasteiger partial charge in [-0.1, -0.05) is 0 Å². The molecule has 10 nitrogen and oxygen atoms in total. The van der Waals surface area contributed by atoms with Crippen molar-refractivity contribution in [1.29, 1.82) is 0 Å². The molecule has 1 amide bonds. The summed E-state index contributed by atoms with van der Waals surface area (Å²) >= 11 is 0. The number of aromatic amines is 1. The van der Waals surface area contributed by atoms with Gasteiger partial charge in [0, 0.05) is 42.6 Å². The average molecular weight is 597 g/mol. The van der Waals surface area contributed by atoms with Crippen LogP contribution in [-0.2, 0) is 6.54 Å². The number of hydrogen-bond acceptors (Lipinski definition) is 7. The van der Waals surface area contributed by atoms with E-state index in [9.17, 15) is 4.79 Å². The predicted octanol–water partition coefficient (Wildman–Crippen LogP) is 5.89. The number of pyridine rings is 1. The van der Waals surface area contributed by atoms with Gasteiger partial charge in [-0.3, -0.25) is 15.1 Å². The number of benzene rings is 1. The van der Waals surface area contributed by atoms with Gasteiger partial charge in [-0.15, -0.1) is 0 Å². The molecule has 2 fully saturated rings. The number of carbonyl (C=O) groups is 1. The molecule has 4 heterocycles. The minimum absolute atomic E-state index is 0.202. The first-order valence-corrected chi connectivity index (χ1v) is 16.2. The maximum atomic E-state index is 13.8. The third-order valence-electron chi connectivity index (χ3n) is 10.1. The maximum Gasteiger partial charge on any atom is 0.258 e. The van der Waals surface area contributed by atoms with E-state index in [1.165, 1.54) is 44.2 Å². The number of nitrogens with zero attached hydrogens (tertiary/aromatic N) is 6. The Morgan fingerprint density at radius 2 is 1.73 bits per heavy atom. The van der Waals surface area contributed by atoms with Crippen LogP contribution in [0.3, 0.4) is 0 Å². The molecule has 7 rings (SSSR count). The highest BCUT2D eigenvalue weighted by atomic mass is 16.5. The van der Waals surface area contributed by atoms with Gasteiger partial charge in [-0.2, -0.15) is 5.10 Å². The summed E-state index contributed by atoms with van der Waals surface area (Å²) in [6.45, 7) is 3.31. The molecule has 2 bridgehead atoms. The first kappa shape index (κ1) is 28.8. The summed E-state index contributed by atoms with van der Waals surface area (Å²) in [7, 11) is 6.59. The van der Waals surface area contributed by atoms with Crippen molar-refractivity contribution in [2.75, 3.05) is 38.0 Å². The van der Waals surface area contributed by atoms with Crippen LogP contribution in [0.1, 0.15) is 67.4 Å². The van der Waals surface area contributed by atoms with Crippen molar-refractivity contribution in [3.8, 4) is 17.1 Å². The van der Waals surface area contributed by atoms with Crippen LogP contribution in [0.15, 0.2) is 36.5 Å². The van der Waals surface area contributed by atoms with Crippen molar-refractivity contribution < 1.29 is 9.53 Å². The highest BCUT2D eigenvalue weighted by molar-refractivity contribution is 6.05. The van der Waals surface area contributed by atoms with Gasteiger partial charge in [0.15, 0.2) is 0 Å². The lowest BCUT2D eigenvalue weighted by molar-refractivity contribution is 0.102. The molecule has 44 heavy (non-hydrogen) atoms. The monoisotopic (exact) mass is 596 g/mol. The smallest absolute Gasteiger partial charge is 0.258 e. The normalized spacial score (nSPS) is 22.8. The topological polar surface area (TPSA) is 104 Å². The van der Waals surface area contributed by atoms with Crippen molar-refractivity contribution >= 4 is 28.6 Å². The number of amides is 1. The SMILES string of the molecule is Cc1cc2cc(n1)-c1cn[nH]c1OCCC[C@@H](C1CC1)Cn1c(nc3cc(N(C)C4CCC(N(C)C)CC4)ccc31)NC2=O. The lowest BCUT2D eigenvalue weighted by Gasteiger charge is -2.38. The largest absolute Gasteiger partial charge is 0.477 e. The molecule has 10 heteroatoms. The van der Waals surface area contributed by atoms with Gasteiger partial charge in [0.1, 0.15) is 0 Å². The zero-order valence-corrected chi connectivity index (χ0v) is 26.3. The third kappa shape index (κ3) is 5.79. The van der Waals surface area contributed by atoms with E-state index in [-0.39, 0.29) is 5.91 Å². The molecule has 0 unspecified atom stereocenters. The van der Waals surface area contributed by atoms with Gasteiger partial charge in [0.05, 0.1) is 35.1 Å². The Bertz CT molecular complexity index is 1650. The molecule has 3 aliphatic rings. The van der Waals surface area contributed by atoms with Gasteiger partial charge in [-0.05, 0) is 115 Å². The van der Waals surface area contributed by atoms with Crippen LogP contribution in [0, 0.1) is 18.8 Å². The molecule has 4 aromatic rings. The van der Waals surface area contributed by atoms with Gasteiger partial charge in [0.2, 0.25) is 11.8 Å². The molecule has 0 saturated heterocycles. The van der Waals surface area contributed by atoms with Crippen LogP contribution in [0.5, 0.6) is 5.88 Å². The lowest BCUT2D eigenvalue weighted by atomic mass is 9.89. The summed E-state index contributed by atoms with van der Waals surface area (Å²) in [6.07, 6.45) is 11.0. The molecular weight excluding hydrogens is 552 g/mol. The maximum absolute atomic E-state index is 13.8. The van der Waals surface area contributed by atoms with Crippen LogP contribution in [0.25, 0.3) is 22.3 Å². The van der Waals surface area contributed by atoms with E-state index < -0.39 is 0 Å². The number of carbonyl (C=O) groups excluding carboxylic acids is 1. The van der Waals surface area contributed by atoms with Gasteiger partial charge in [-0.25, -0.2) is 10.1 Å². The number of ether oxygens (including phenoxy) is 1. The van der Waals surface area contributed by atoms with Crippen LogP contribution < -0.4 is 15.0 Å². The Morgan fingerprint density at radius 1 is 0.932 bits per heavy atom. The van der Waals surface area contributed by atoms with Crippen LogP contribution in [0.4, 0.5) is 11.6 Å². The van der Waals surface area contributed by atoms with Gasteiger partial charge < -0.3 is 19.1 Å². The summed E-state index contributed by atoms with van der Waals surface area (Å²) in [4.78, 5) is 28.3. The minimum atomic E-state index is -0.202. The first-order valence-electron chi connectivity index (χ1n) is 16.2. The Balaban J connectivity index is 1.23. The molecule has 2 saturated carbocycles. The Hall–Kier alpha value is -3.92. The van der Waals surface area contributed by atoms with Crippen LogP contribution in [0.2, 0.25) is 0 Å². The van der Waals surface area contributed by atoms with E-state index in [1.807, 2.05) is 13.0 Å². The molecule has 1 aromatic carbocycles. The molecule has 2 aliphatic carbocycles. The summed E-state index contributed by atoms with van der Waals surface area (Å²) < 4.78 is 8.40. The lowest BCUT2D eigenvalue weighted by Crippen LogP contribution is -2.40. The number of imidazole rings is 1. The fourth-order valence-electron chi connectivity index (χ4n) is 7.27. The second-order valence-corrected chi connectivity index (χ2v) is 13.3. The fraction of sp³-hybridized carbons (Fsp3) is 0.529. The highest BCUT2D eigenvalue weighted by Gasteiger charge is 2.33. The second-order valence-electron chi connectivity index (χ2n) is 13.3. The number of aromatic nitrogens is 5. The minimum Gasteiger partial charge on any atom is -0.477 e. The van der Waals surface area contributed by atoms with E-state index in [2.05, 4.69) is 69.2 Å². The summed E-state index contributed by atoms with van der Waals surface area (Å²) in [5, 5.41) is 10.4. The first-order chi connectivity index (χ1) is 21.3. The summed E-state index contributed by atoms with van der Waals surface area (Å²) in [5.41, 5.74) is 5.85. The van der Waals surface area contributed by atoms with E-state index >= 15 is 0 Å². The highest BCUT2D eigenvalue weighted by Crippen LogP contribution is 2.41. The second kappa shape index (κ2) is 11.9. The van der Waals surface area contributed by atoms with E-state index in [4.69, 9.17) is 14.7 Å². The van der Waals surface area contributed by atoms with E-state index in [0.29, 0.717) is 53.6 Å².